The van der Waals surface area contributed by atoms with Crippen LogP contribution in [0, 0.1) is 66.7 Å². The maximum Gasteiger partial charge on any atom is 0.0991 e. The molecule has 12 aromatic rings. The first-order chi connectivity index (χ1) is 34.8. The third-order valence-electron chi connectivity index (χ3n) is 14.4. The van der Waals surface area contributed by atoms with Gasteiger partial charge in [-0.3, -0.25) is 4.98 Å². The molecule has 0 bridgehead atoms. The van der Waals surface area contributed by atoms with Crippen LogP contribution in [-0.4, -0.2) is 14.1 Å². The van der Waals surface area contributed by atoms with Crippen molar-refractivity contribution in [1.82, 2.24) is 14.1 Å². The van der Waals surface area contributed by atoms with Crippen molar-refractivity contribution in [3.05, 3.63) is 232 Å². The van der Waals surface area contributed by atoms with Crippen LogP contribution in [0.4, 0.5) is 0 Å². The summed E-state index contributed by atoms with van der Waals surface area (Å²) in [5.41, 5.74) is 28.2. The van der Waals surface area contributed by atoms with Crippen LogP contribution >= 0.6 is 0 Å². The van der Waals surface area contributed by atoms with Gasteiger partial charge in [0.15, 0.2) is 0 Å². The lowest BCUT2D eigenvalue weighted by Gasteiger charge is -2.18. The van der Waals surface area contributed by atoms with E-state index in [-0.39, 0.29) is 0 Å². The van der Waals surface area contributed by atoms with Crippen LogP contribution < -0.4 is 0 Å². The molecule has 3 aromatic heterocycles. The summed E-state index contributed by atoms with van der Waals surface area (Å²) in [6.45, 7) is 17.4. The van der Waals surface area contributed by atoms with Crippen LogP contribution in [-0.2, 0) is 0 Å². The Bertz CT molecular complexity index is 3970. The number of fused-ring (bicyclic) bond motifs is 6. The van der Waals surface area contributed by atoms with Crippen molar-refractivity contribution >= 4 is 43.6 Å². The van der Waals surface area contributed by atoms with Crippen LogP contribution in [0.1, 0.15) is 50.1 Å². The molecule has 0 atom stereocenters. The number of pyridine rings is 1. The van der Waals surface area contributed by atoms with Crippen molar-refractivity contribution in [2.24, 2.45) is 0 Å². The van der Waals surface area contributed by atoms with Crippen molar-refractivity contribution in [3.63, 3.8) is 0 Å². The van der Waals surface area contributed by atoms with E-state index in [9.17, 15) is 5.26 Å². The zero-order valence-electron chi connectivity index (χ0n) is 42.1. The molecule has 4 heteroatoms. The van der Waals surface area contributed by atoms with Gasteiger partial charge in [0.25, 0.3) is 0 Å². The van der Waals surface area contributed by atoms with Gasteiger partial charge in [-0.05, 0) is 173 Å². The van der Waals surface area contributed by atoms with E-state index in [1.165, 1.54) is 99.8 Å². The third kappa shape index (κ3) is 7.75. The molecule has 0 aliphatic rings. The lowest BCUT2D eigenvalue weighted by atomic mass is 9.97. The Morgan fingerprint density at radius 2 is 0.639 bits per heavy atom. The van der Waals surface area contributed by atoms with Crippen molar-refractivity contribution in [2.75, 3.05) is 0 Å². The summed E-state index contributed by atoms with van der Waals surface area (Å²) in [6, 6.07) is 65.5. The quantitative estimate of drug-likeness (QED) is 0.160. The Balaban J connectivity index is 1.12. The van der Waals surface area contributed by atoms with Gasteiger partial charge >= 0.3 is 0 Å². The maximum atomic E-state index is 10.6. The predicted octanol–water partition coefficient (Wildman–Crippen LogP) is 17.9. The van der Waals surface area contributed by atoms with Gasteiger partial charge in [-0.1, -0.05) is 142 Å². The number of hydrogen-bond acceptors (Lipinski definition) is 2. The molecule has 0 saturated carbocycles. The fourth-order valence-electron chi connectivity index (χ4n) is 11.7. The van der Waals surface area contributed by atoms with Gasteiger partial charge in [0.05, 0.1) is 45.1 Å². The number of benzene rings is 9. The minimum Gasteiger partial charge on any atom is -0.309 e. The summed E-state index contributed by atoms with van der Waals surface area (Å²) in [5, 5.41) is 15.3. The number of aryl methyl sites for hydroxylation is 8. The van der Waals surface area contributed by atoms with Crippen LogP contribution in [0.2, 0.25) is 0 Å². The minimum atomic E-state index is 0.580. The minimum absolute atomic E-state index is 0.580. The van der Waals surface area contributed by atoms with E-state index in [0.717, 1.165) is 55.3 Å². The molecule has 0 saturated heterocycles. The van der Waals surface area contributed by atoms with Crippen LogP contribution in [0.25, 0.3) is 111 Å². The Hall–Kier alpha value is -8.78. The van der Waals surface area contributed by atoms with Crippen molar-refractivity contribution < 1.29 is 0 Å². The van der Waals surface area contributed by atoms with E-state index in [2.05, 4.69) is 228 Å². The second-order valence-electron chi connectivity index (χ2n) is 20.3. The highest BCUT2D eigenvalue weighted by Crippen LogP contribution is 2.44. The molecular weight excluding hydrogens is 873 g/mol. The fourth-order valence-corrected chi connectivity index (χ4v) is 11.7. The zero-order chi connectivity index (χ0) is 49.5. The summed E-state index contributed by atoms with van der Waals surface area (Å²) in [7, 11) is 0. The number of hydrogen-bond donors (Lipinski definition) is 0. The van der Waals surface area contributed by atoms with Crippen molar-refractivity contribution in [1.29, 1.82) is 5.26 Å². The van der Waals surface area contributed by atoms with Crippen LogP contribution in [0.3, 0.4) is 0 Å². The van der Waals surface area contributed by atoms with E-state index >= 15 is 0 Å². The lowest BCUT2D eigenvalue weighted by molar-refractivity contribution is 1.14. The smallest absolute Gasteiger partial charge is 0.0991 e. The summed E-state index contributed by atoms with van der Waals surface area (Å²) in [5.74, 6) is 0. The molecule has 0 fully saturated rings. The molecule has 9 aromatic carbocycles. The normalized spacial score (nSPS) is 11.6. The first-order valence-electron chi connectivity index (χ1n) is 24.9. The number of aromatic nitrogens is 3. The topological polar surface area (TPSA) is 46.5 Å². The summed E-state index contributed by atoms with van der Waals surface area (Å²) in [6.07, 6.45) is 3.87. The number of rotatable bonds is 7. The first kappa shape index (κ1) is 44.4. The standard InChI is InChI=1S/C68H54N4/c1-40-21-41(2)26-53(25-40)49-10-15-64-58(34-49)59-35-50(54-27-42(3)22-43(4)28-54)11-16-65(59)71(64)63-14-9-48(38-69)33-57(63)62-39-70-20-19-68(62)72-66-17-12-51(55-29-44(5)23-45(6)30-55)36-60(66)61-37-52(13-18-67(61)72)56-31-46(7)24-47(8)32-56/h9-37,39H,1-8H3. The molecule has 0 spiro atoms. The van der Waals surface area contributed by atoms with E-state index in [4.69, 9.17) is 4.98 Å². The zero-order valence-corrected chi connectivity index (χ0v) is 42.1. The monoisotopic (exact) mass is 926 g/mol. The molecule has 346 valence electrons. The lowest BCUT2D eigenvalue weighted by Crippen LogP contribution is -2.02. The average Bonchev–Trinajstić information content (AvgIpc) is 3.86. The van der Waals surface area contributed by atoms with Crippen molar-refractivity contribution in [2.45, 2.75) is 55.4 Å². The largest absolute Gasteiger partial charge is 0.309 e. The predicted molar refractivity (Wildman–Crippen MR) is 303 cm³/mol. The van der Waals surface area contributed by atoms with E-state index in [1.54, 1.807) is 0 Å². The summed E-state index contributed by atoms with van der Waals surface area (Å²) in [4.78, 5) is 4.85. The van der Waals surface area contributed by atoms with Gasteiger partial charge in [-0.15, -0.1) is 0 Å². The van der Waals surface area contributed by atoms with Crippen LogP contribution in [0.15, 0.2) is 182 Å². The molecular formula is C68H54N4. The SMILES string of the molecule is Cc1cc(C)cc(-c2ccc3c(c2)c2cc(-c4cc(C)cc(C)c4)ccc2n3-c2ccncc2-c2cc(C#N)ccc2-n2c3ccc(-c4cc(C)cc(C)c4)cc3c3cc(-c4cc(C)cc(C)c4)ccc32)c1. The molecule has 0 radical (unpaired) electrons. The van der Waals surface area contributed by atoms with Gasteiger partial charge in [-0.25, -0.2) is 0 Å². The van der Waals surface area contributed by atoms with Gasteiger partial charge in [0, 0.05) is 45.1 Å². The van der Waals surface area contributed by atoms with Crippen molar-refractivity contribution in [3.8, 4) is 73.1 Å². The number of nitriles is 1. The molecule has 72 heavy (non-hydrogen) atoms. The van der Waals surface area contributed by atoms with E-state index in [1.807, 2.05) is 24.5 Å². The van der Waals surface area contributed by atoms with Gasteiger partial charge < -0.3 is 9.13 Å². The molecule has 12 rings (SSSR count). The van der Waals surface area contributed by atoms with E-state index in [0.29, 0.717) is 5.56 Å². The highest BCUT2D eigenvalue weighted by Gasteiger charge is 2.23. The first-order valence-corrected chi connectivity index (χ1v) is 24.9. The molecule has 0 unspecified atom stereocenters. The van der Waals surface area contributed by atoms with E-state index < -0.39 is 0 Å². The Morgan fingerprint density at radius 1 is 0.319 bits per heavy atom. The van der Waals surface area contributed by atoms with Gasteiger partial charge in [-0.2, -0.15) is 5.26 Å². The Labute approximate surface area is 421 Å². The highest BCUT2D eigenvalue weighted by atomic mass is 15.0. The third-order valence-corrected chi connectivity index (χ3v) is 14.4. The van der Waals surface area contributed by atoms with Gasteiger partial charge in [0.2, 0.25) is 0 Å². The average molecular weight is 927 g/mol. The molecule has 4 nitrogen and oxygen atoms in total. The summed E-state index contributed by atoms with van der Waals surface area (Å²) < 4.78 is 4.80. The maximum absolute atomic E-state index is 10.6. The molecule has 0 amide bonds. The second kappa shape index (κ2) is 17.3. The fraction of sp³-hybridized carbons (Fsp3) is 0.118. The number of nitrogens with zero attached hydrogens (tertiary/aromatic N) is 4. The summed E-state index contributed by atoms with van der Waals surface area (Å²) >= 11 is 0. The Kier molecular flexibility index (Phi) is 10.7. The molecule has 3 heterocycles. The van der Waals surface area contributed by atoms with Gasteiger partial charge in [0.1, 0.15) is 0 Å². The Morgan fingerprint density at radius 3 is 0.958 bits per heavy atom. The molecule has 0 N–H and O–H groups in total. The second-order valence-corrected chi connectivity index (χ2v) is 20.3. The molecule has 0 aliphatic carbocycles. The molecule has 0 aliphatic heterocycles. The van der Waals surface area contributed by atoms with Crippen LogP contribution in [0.5, 0.6) is 0 Å². The highest BCUT2D eigenvalue weighted by molar-refractivity contribution is 6.14.